The average Bonchev–Trinajstić information content (AvgIpc) is 2.54. The second kappa shape index (κ2) is 6.22. The van der Waals surface area contributed by atoms with Crippen molar-refractivity contribution in [2.75, 3.05) is 7.11 Å². The minimum Gasteiger partial charge on any atom is -0.494 e. The van der Waals surface area contributed by atoms with Gasteiger partial charge in [0.15, 0.2) is 0 Å². The van der Waals surface area contributed by atoms with E-state index in [9.17, 15) is 8.42 Å². The highest BCUT2D eigenvalue weighted by Crippen LogP contribution is 2.30. The topological polar surface area (TPSA) is 68.3 Å². The summed E-state index contributed by atoms with van der Waals surface area (Å²) in [4.78, 5) is 4.52. The van der Waals surface area contributed by atoms with Gasteiger partial charge in [0.25, 0.3) is 0 Å². The van der Waals surface area contributed by atoms with Crippen LogP contribution in [0.5, 0.6) is 5.75 Å². The monoisotopic (exact) mass is 320 g/mol. The van der Waals surface area contributed by atoms with Gasteiger partial charge in [0.2, 0.25) is 10.0 Å². The Labute approximate surface area is 130 Å². The molecule has 1 aliphatic carbocycles. The molecule has 118 valence electrons. The van der Waals surface area contributed by atoms with Crippen LogP contribution in [-0.4, -0.2) is 26.6 Å². The minimum atomic E-state index is -3.56. The van der Waals surface area contributed by atoms with Crippen LogP contribution in [0, 0.1) is 0 Å². The van der Waals surface area contributed by atoms with Crippen molar-refractivity contribution in [1.29, 1.82) is 0 Å². The van der Waals surface area contributed by atoms with E-state index in [1.807, 2.05) is 0 Å². The van der Waals surface area contributed by atoms with Gasteiger partial charge in [-0.15, -0.1) is 0 Å². The minimum absolute atomic E-state index is 0.0348. The highest BCUT2D eigenvalue weighted by Gasteiger charge is 2.24. The van der Waals surface area contributed by atoms with E-state index >= 15 is 0 Å². The second-order valence-corrected chi connectivity index (χ2v) is 7.30. The molecule has 0 unspecified atom stereocenters. The molecule has 3 rings (SSSR count). The molecule has 0 spiro atoms. The zero-order valence-corrected chi connectivity index (χ0v) is 13.4. The third-order valence-corrected chi connectivity index (χ3v) is 5.71. The fourth-order valence-electron chi connectivity index (χ4n) is 3.02. The van der Waals surface area contributed by atoms with Gasteiger partial charge in [0.05, 0.1) is 12.0 Å². The number of aromatic nitrogens is 1. The average molecular weight is 320 g/mol. The van der Waals surface area contributed by atoms with E-state index in [0.717, 1.165) is 25.7 Å². The molecule has 0 amide bonds. The van der Waals surface area contributed by atoms with Crippen molar-refractivity contribution in [3.05, 3.63) is 30.5 Å². The Morgan fingerprint density at radius 2 is 1.95 bits per heavy atom. The first-order valence-corrected chi connectivity index (χ1v) is 9.04. The summed E-state index contributed by atoms with van der Waals surface area (Å²) in [5.74, 6) is 0.576. The quantitative estimate of drug-likeness (QED) is 0.940. The van der Waals surface area contributed by atoms with Crippen LogP contribution in [0.2, 0.25) is 0 Å². The van der Waals surface area contributed by atoms with E-state index in [2.05, 4.69) is 9.71 Å². The molecule has 2 aromatic rings. The molecule has 1 N–H and O–H groups in total. The zero-order chi connectivity index (χ0) is 15.6. The van der Waals surface area contributed by atoms with E-state index in [1.165, 1.54) is 6.42 Å². The zero-order valence-electron chi connectivity index (χ0n) is 12.6. The number of pyridine rings is 1. The highest BCUT2D eigenvalue weighted by atomic mass is 32.2. The number of fused-ring (bicyclic) bond motifs is 1. The van der Waals surface area contributed by atoms with Crippen LogP contribution in [0.3, 0.4) is 0 Å². The van der Waals surface area contributed by atoms with Gasteiger partial charge in [0, 0.05) is 17.6 Å². The Bertz CT molecular complexity index is 768. The maximum absolute atomic E-state index is 12.7. The summed E-state index contributed by atoms with van der Waals surface area (Å²) in [6.45, 7) is 0. The molecule has 1 aliphatic rings. The van der Waals surface area contributed by atoms with E-state index in [0.29, 0.717) is 16.7 Å². The normalized spacial score (nSPS) is 16.8. The molecule has 5 nitrogen and oxygen atoms in total. The molecular formula is C16H20N2O3S. The van der Waals surface area contributed by atoms with Crippen LogP contribution >= 0.6 is 0 Å². The maximum atomic E-state index is 12.7. The fraction of sp³-hybridized carbons (Fsp3) is 0.438. The first-order valence-electron chi connectivity index (χ1n) is 7.56. The number of rotatable bonds is 4. The Morgan fingerprint density at radius 1 is 1.18 bits per heavy atom. The number of hydrogen-bond donors (Lipinski definition) is 1. The van der Waals surface area contributed by atoms with Gasteiger partial charge in [-0.25, -0.2) is 13.1 Å². The van der Waals surface area contributed by atoms with Gasteiger partial charge in [-0.3, -0.25) is 4.98 Å². The number of nitrogens with one attached hydrogen (secondary N) is 1. The van der Waals surface area contributed by atoms with E-state index in [-0.39, 0.29) is 10.9 Å². The van der Waals surface area contributed by atoms with Gasteiger partial charge in [0.1, 0.15) is 11.3 Å². The van der Waals surface area contributed by atoms with Crippen LogP contribution in [0.25, 0.3) is 10.9 Å². The molecule has 0 radical (unpaired) electrons. The highest BCUT2D eigenvalue weighted by molar-refractivity contribution is 7.89. The van der Waals surface area contributed by atoms with Gasteiger partial charge in [-0.05, 0) is 37.1 Å². The lowest BCUT2D eigenvalue weighted by molar-refractivity contribution is 0.412. The fourth-order valence-corrected chi connectivity index (χ4v) is 4.53. The smallest absolute Gasteiger partial charge is 0.241 e. The van der Waals surface area contributed by atoms with Gasteiger partial charge in [-0.2, -0.15) is 0 Å². The van der Waals surface area contributed by atoms with E-state index < -0.39 is 10.0 Å². The van der Waals surface area contributed by atoms with Crippen molar-refractivity contribution in [1.82, 2.24) is 9.71 Å². The third kappa shape index (κ3) is 2.94. The Hall–Kier alpha value is -1.66. The molecule has 1 fully saturated rings. The lowest BCUT2D eigenvalue weighted by Gasteiger charge is -2.23. The first kappa shape index (κ1) is 15.2. The van der Waals surface area contributed by atoms with Crippen molar-refractivity contribution in [2.45, 2.75) is 43.0 Å². The first-order chi connectivity index (χ1) is 10.6. The maximum Gasteiger partial charge on any atom is 0.241 e. The molecule has 22 heavy (non-hydrogen) atoms. The molecule has 1 heterocycles. The van der Waals surface area contributed by atoms with Crippen LogP contribution in [0.1, 0.15) is 32.1 Å². The Kier molecular flexibility index (Phi) is 4.31. The van der Waals surface area contributed by atoms with Gasteiger partial charge in [-0.1, -0.05) is 19.3 Å². The van der Waals surface area contributed by atoms with Crippen molar-refractivity contribution < 1.29 is 13.2 Å². The van der Waals surface area contributed by atoms with Crippen molar-refractivity contribution in [3.63, 3.8) is 0 Å². The van der Waals surface area contributed by atoms with Crippen LogP contribution in [0.15, 0.2) is 35.4 Å². The lowest BCUT2D eigenvalue weighted by Crippen LogP contribution is -2.36. The Balaban J connectivity index is 2.01. The molecule has 0 atom stereocenters. The lowest BCUT2D eigenvalue weighted by atomic mass is 9.96. The van der Waals surface area contributed by atoms with Gasteiger partial charge < -0.3 is 4.74 Å². The number of hydrogen-bond acceptors (Lipinski definition) is 4. The van der Waals surface area contributed by atoms with Crippen molar-refractivity contribution in [3.8, 4) is 5.75 Å². The molecule has 1 aromatic heterocycles. The molecule has 0 saturated heterocycles. The largest absolute Gasteiger partial charge is 0.494 e. The SMILES string of the molecule is COc1ccc(S(=O)(=O)NC2CCCCC2)c2cccnc12. The summed E-state index contributed by atoms with van der Waals surface area (Å²) in [6, 6.07) is 6.79. The van der Waals surface area contributed by atoms with Crippen molar-refractivity contribution in [2.24, 2.45) is 0 Å². The Morgan fingerprint density at radius 3 is 2.68 bits per heavy atom. The predicted molar refractivity (Wildman–Crippen MR) is 85.5 cm³/mol. The standard InChI is InChI=1S/C16H20N2O3S/c1-21-14-9-10-15(13-8-5-11-17-16(13)14)22(19,20)18-12-6-3-2-4-7-12/h5,8-12,18H,2-4,6-7H2,1H3. The summed E-state index contributed by atoms with van der Waals surface area (Å²) in [5, 5.41) is 0.588. The second-order valence-electron chi connectivity index (χ2n) is 5.62. The molecule has 1 aromatic carbocycles. The number of nitrogens with zero attached hydrogens (tertiary/aromatic N) is 1. The van der Waals surface area contributed by atoms with E-state index in [4.69, 9.17) is 4.74 Å². The van der Waals surface area contributed by atoms with Crippen LogP contribution in [-0.2, 0) is 10.0 Å². The number of methoxy groups -OCH3 is 1. The number of ether oxygens (including phenoxy) is 1. The predicted octanol–water partition coefficient (Wildman–Crippen LogP) is 2.85. The number of benzene rings is 1. The summed E-state index contributed by atoms with van der Waals surface area (Å²) in [5.41, 5.74) is 0.566. The van der Waals surface area contributed by atoms with Crippen molar-refractivity contribution >= 4 is 20.9 Å². The summed E-state index contributed by atoms with van der Waals surface area (Å²) < 4.78 is 33.6. The molecular weight excluding hydrogens is 300 g/mol. The van der Waals surface area contributed by atoms with E-state index in [1.54, 1.807) is 37.6 Å². The summed E-state index contributed by atoms with van der Waals surface area (Å²) in [6.07, 6.45) is 6.80. The van der Waals surface area contributed by atoms with Crippen LogP contribution in [0.4, 0.5) is 0 Å². The molecule has 0 aliphatic heterocycles. The van der Waals surface area contributed by atoms with Crippen LogP contribution < -0.4 is 9.46 Å². The molecule has 6 heteroatoms. The molecule has 1 saturated carbocycles. The van der Waals surface area contributed by atoms with Gasteiger partial charge >= 0.3 is 0 Å². The summed E-state index contributed by atoms with van der Waals surface area (Å²) >= 11 is 0. The summed E-state index contributed by atoms with van der Waals surface area (Å²) in [7, 11) is -2.00. The third-order valence-electron chi connectivity index (χ3n) is 4.13. The number of sulfonamides is 1. The molecule has 0 bridgehead atoms.